The van der Waals surface area contributed by atoms with Crippen LogP contribution in [0.4, 0.5) is 10.1 Å². The molecule has 0 spiro atoms. The lowest BCUT2D eigenvalue weighted by molar-refractivity contribution is 0.627. The van der Waals surface area contributed by atoms with Gasteiger partial charge in [-0.2, -0.15) is 5.26 Å². The third-order valence-corrected chi connectivity index (χ3v) is 3.47. The molecular weight excluding hydrogens is 298 g/mol. The summed E-state index contributed by atoms with van der Waals surface area (Å²) >= 11 is 12.0. The molecule has 0 fully saturated rings. The van der Waals surface area contributed by atoms with Gasteiger partial charge < -0.3 is 5.32 Å². The maximum absolute atomic E-state index is 13.1. The molecule has 2 nitrogen and oxygen atoms in total. The number of anilines is 1. The Labute approximate surface area is 126 Å². The number of nitrogens with one attached hydrogen (secondary N) is 1. The van der Waals surface area contributed by atoms with E-state index in [-0.39, 0.29) is 11.6 Å². The Morgan fingerprint density at radius 1 is 1.20 bits per heavy atom. The zero-order valence-corrected chi connectivity index (χ0v) is 12.1. The standard InChI is InChI=1S/C15H11Cl2FN2/c1-9(13-4-2-11(16)7-14(13)17)20-15-5-3-12(18)6-10(15)8-19/h2-7,9,20H,1H3. The lowest BCUT2D eigenvalue weighted by Gasteiger charge is -2.18. The molecule has 0 heterocycles. The van der Waals surface area contributed by atoms with Crippen LogP contribution < -0.4 is 5.32 Å². The van der Waals surface area contributed by atoms with E-state index in [4.69, 9.17) is 28.5 Å². The number of rotatable bonds is 3. The summed E-state index contributed by atoms with van der Waals surface area (Å²) in [4.78, 5) is 0. The maximum atomic E-state index is 13.1. The molecule has 0 radical (unpaired) electrons. The van der Waals surface area contributed by atoms with Crippen LogP contribution in [0.25, 0.3) is 0 Å². The smallest absolute Gasteiger partial charge is 0.124 e. The zero-order chi connectivity index (χ0) is 14.7. The van der Waals surface area contributed by atoms with E-state index >= 15 is 0 Å². The summed E-state index contributed by atoms with van der Waals surface area (Å²) in [6.07, 6.45) is 0. The Kier molecular flexibility index (Phi) is 4.49. The number of hydrogen-bond donors (Lipinski definition) is 1. The molecule has 102 valence electrons. The maximum Gasteiger partial charge on any atom is 0.124 e. The molecule has 0 aliphatic carbocycles. The molecule has 2 aromatic carbocycles. The van der Waals surface area contributed by atoms with Gasteiger partial charge in [-0.15, -0.1) is 0 Å². The predicted octanol–water partition coefficient (Wildman–Crippen LogP) is 5.18. The Hall–Kier alpha value is -1.76. The highest BCUT2D eigenvalue weighted by Crippen LogP contribution is 2.29. The van der Waals surface area contributed by atoms with Gasteiger partial charge >= 0.3 is 0 Å². The van der Waals surface area contributed by atoms with E-state index in [1.54, 1.807) is 12.1 Å². The molecule has 5 heteroatoms. The summed E-state index contributed by atoms with van der Waals surface area (Å²) < 4.78 is 13.1. The SMILES string of the molecule is CC(Nc1ccc(F)cc1C#N)c1ccc(Cl)cc1Cl. The molecule has 0 bridgehead atoms. The van der Waals surface area contributed by atoms with Gasteiger partial charge in [0.15, 0.2) is 0 Å². The van der Waals surface area contributed by atoms with E-state index < -0.39 is 5.82 Å². The van der Waals surface area contributed by atoms with Crippen LogP contribution in [0.5, 0.6) is 0 Å². The van der Waals surface area contributed by atoms with Crippen molar-refractivity contribution in [3.05, 3.63) is 63.4 Å². The van der Waals surface area contributed by atoms with Crippen LogP contribution in [-0.2, 0) is 0 Å². The monoisotopic (exact) mass is 308 g/mol. The van der Waals surface area contributed by atoms with Gasteiger partial charge in [-0.1, -0.05) is 29.3 Å². The van der Waals surface area contributed by atoms with Crippen molar-refractivity contribution >= 4 is 28.9 Å². The molecule has 0 aromatic heterocycles. The van der Waals surface area contributed by atoms with Crippen molar-refractivity contribution in [3.8, 4) is 6.07 Å². The first kappa shape index (κ1) is 14.6. The van der Waals surface area contributed by atoms with Crippen molar-refractivity contribution in [2.24, 2.45) is 0 Å². The minimum Gasteiger partial charge on any atom is -0.377 e. The molecule has 0 saturated carbocycles. The Bertz CT molecular complexity index is 680. The minimum absolute atomic E-state index is 0.141. The molecule has 1 atom stereocenters. The summed E-state index contributed by atoms with van der Waals surface area (Å²) in [5.74, 6) is -0.440. The van der Waals surface area contributed by atoms with Crippen molar-refractivity contribution in [2.45, 2.75) is 13.0 Å². The van der Waals surface area contributed by atoms with Gasteiger partial charge in [0, 0.05) is 10.0 Å². The second kappa shape index (κ2) is 6.13. The molecule has 0 aliphatic rings. The third kappa shape index (κ3) is 3.22. The Morgan fingerprint density at radius 2 is 1.95 bits per heavy atom. The van der Waals surface area contributed by atoms with Crippen molar-refractivity contribution in [1.82, 2.24) is 0 Å². The summed E-state index contributed by atoms with van der Waals surface area (Å²) in [7, 11) is 0. The van der Waals surface area contributed by atoms with Gasteiger partial charge in [0.2, 0.25) is 0 Å². The molecule has 1 N–H and O–H groups in total. The van der Waals surface area contributed by atoms with Crippen LogP contribution in [0, 0.1) is 17.1 Å². The fourth-order valence-corrected chi connectivity index (χ4v) is 2.47. The van der Waals surface area contributed by atoms with Crippen LogP contribution in [0.15, 0.2) is 36.4 Å². The Balaban J connectivity index is 2.28. The topological polar surface area (TPSA) is 35.8 Å². The van der Waals surface area contributed by atoms with Crippen LogP contribution in [0.3, 0.4) is 0 Å². The lowest BCUT2D eigenvalue weighted by atomic mass is 10.1. The first-order chi connectivity index (χ1) is 9.51. The van der Waals surface area contributed by atoms with Gasteiger partial charge in [-0.05, 0) is 42.8 Å². The second-order valence-electron chi connectivity index (χ2n) is 4.33. The van der Waals surface area contributed by atoms with Crippen LogP contribution in [-0.4, -0.2) is 0 Å². The van der Waals surface area contributed by atoms with E-state index in [9.17, 15) is 4.39 Å². The van der Waals surface area contributed by atoms with Crippen molar-refractivity contribution in [2.75, 3.05) is 5.32 Å². The molecule has 0 saturated heterocycles. The molecule has 1 unspecified atom stereocenters. The number of hydrogen-bond acceptors (Lipinski definition) is 2. The first-order valence-electron chi connectivity index (χ1n) is 5.92. The number of nitrogens with zero attached hydrogens (tertiary/aromatic N) is 1. The van der Waals surface area contributed by atoms with Crippen LogP contribution >= 0.6 is 23.2 Å². The van der Waals surface area contributed by atoms with Gasteiger partial charge in [0.25, 0.3) is 0 Å². The second-order valence-corrected chi connectivity index (χ2v) is 5.18. The highest BCUT2D eigenvalue weighted by atomic mass is 35.5. The van der Waals surface area contributed by atoms with Crippen molar-refractivity contribution < 1.29 is 4.39 Å². The molecular formula is C15H11Cl2FN2. The van der Waals surface area contributed by atoms with E-state index in [1.807, 2.05) is 19.1 Å². The van der Waals surface area contributed by atoms with Gasteiger partial charge in [0.1, 0.15) is 11.9 Å². The van der Waals surface area contributed by atoms with E-state index in [1.165, 1.54) is 18.2 Å². The van der Waals surface area contributed by atoms with Gasteiger partial charge in [0.05, 0.1) is 17.3 Å². The van der Waals surface area contributed by atoms with E-state index in [0.29, 0.717) is 15.7 Å². The van der Waals surface area contributed by atoms with Crippen LogP contribution in [0.2, 0.25) is 10.0 Å². The summed E-state index contributed by atoms with van der Waals surface area (Å²) in [6.45, 7) is 1.90. The molecule has 2 rings (SSSR count). The molecule has 20 heavy (non-hydrogen) atoms. The Morgan fingerprint density at radius 3 is 2.60 bits per heavy atom. The number of benzene rings is 2. The fraction of sp³-hybridized carbons (Fsp3) is 0.133. The average molecular weight is 309 g/mol. The predicted molar refractivity (Wildman–Crippen MR) is 79.6 cm³/mol. The summed E-state index contributed by atoms with van der Waals surface area (Å²) in [5.41, 5.74) is 1.67. The van der Waals surface area contributed by atoms with Crippen LogP contribution in [0.1, 0.15) is 24.1 Å². The highest BCUT2D eigenvalue weighted by Gasteiger charge is 2.12. The van der Waals surface area contributed by atoms with Crippen molar-refractivity contribution in [3.63, 3.8) is 0 Å². The van der Waals surface area contributed by atoms with Crippen molar-refractivity contribution in [1.29, 1.82) is 5.26 Å². The number of halogens is 3. The molecule has 2 aromatic rings. The largest absolute Gasteiger partial charge is 0.377 e. The minimum atomic E-state index is -0.440. The van der Waals surface area contributed by atoms with E-state index in [2.05, 4.69) is 5.32 Å². The number of nitriles is 1. The zero-order valence-electron chi connectivity index (χ0n) is 10.6. The molecule has 0 aliphatic heterocycles. The fourth-order valence-electron chi connectivity index (χ4n) is 1.90. The highest BCUT2D eigenvalue weighted by molar-refractivity contribution is 6.35. The summed E-state index contributed by atoms with van der Waals surface area (Å²) in [6, 6.07) is 11.1. The lowest BCUT2D eigenvalue weighted by Crippen LogP contribution is -2.08. The van der Waals surface area contributed by atoms with E-state index in [0.717, 1.165) is 5.56 Å². The third-order valence-electron chi connectivity index (χ3n) is 2.90. The normalized spacial score (nSPS) is 11.8. The quantitative estimate of drug-likeness (QED) is 0.848. The molecule has 0 amide bonds. The first-order valence-corrected chi connectivity index (χ1v) is 6.68. The summed E-state index contributed by atoms with van der Waals surface area (Å²) in [5, 5.41) is 13.3. The van der Waals surface area contributed by atoms with Gasteiger partial charge in [-0.25, -0.2) is 4.39 Å². The van der Waals surface area contributed by atoms with Gasteiger partial charge in [-0.3, -0.25) is 0 Å². The average Bonchev–Trinajstić information content (AvgIpc) is 2.40.